The molecule has 1 N–H and O–H groups in total. The van der Waals surface area contributed by atoms with Gasteiger partial charge in [0.2, 0.25) is 5.91 Å². The highest BCUT2D eigenvalue weighted by atomic mass is 16.5. The zero-order valence-electron chi connectivity index (χ0n) is 10.9. The van der Waals surface area contributed by atoms with E-state index in [2.05, 4.69) is 5.32 Å². The van der Waals surface area contributed by atoms with Crippen LogP contribution in [0.2, 0.25) is 0 Å². The predicted octanol–water partition coefficient (Wildman–Crippen LogP) is 2.25. The van der Waals surface area contributed by atoms with Crippen molar-refractivity contribution in [3.8, 4) is 0 Å². The lowest BCUT2D eigenvalue weighted by molar-refractivity contribution is -0.123. The highest BCUT2D eigenvalue weighted by Gasteiger charge is 2.43. The van der Waals surface area contributed by atoms with E-state index < -0.39 is 0 Å². The van der Waals surface area contributed by atoms with Gasteiger partial charge in [-0.05, 0) is 56.3 Å². The molecule has 0 aromatic rings. The topological polar surface area (TPSA) is 38.3 Å². The van der Waals surface area contributed by atoms with Gasteiger partial charge in [0.05, 0.1) is 18.2 Å². The number of carbonyl (C=O) groups excluding carboxylic acids is 1. The van der Waals surface area contributed by atoms with E-state index in [0.29, 0.717) is 24.2 Å². The number of nitrogens with one attached hydrogen (secondary N) is 1. The number of carbonyl (C=O) groups is 1. The second-order valence-corrected chi connectivity index (χ2v) is 6.92. The van der Waals surface area contributed by atoms with Crippen LogP contribution in [0.1, 0.15) is 51.4 Å². The molecule has 2 saturated heterocycles. The van der Waals surface area contributed by atoms with E-state index in [0.717, 1.165) is 31.1 Å². The van der Waals surface area contributed by atoms with Crippen molar-refractivity contribution in [2.24, 2.45) is 17.8 Å². The molecule has 2 saturated carbocycles. The largest absolute Gasteiger partial charge is 0.373 e. The van der Waals surface area contributed by atoms with Gasteiger partial charge in [-0.2, -0.15) is 0 Å². The van der Waals surface area contributed by atoms with Crippen molar-refractivity contribution in [2.75, 3.05) is 0 Å². The molecule has 100 valence electrons. The van der Waals surface area contributed by atoms with Crippen molar-refractivity contribution < 1.29 is 9.53 Å². The average Bonchev–Trinajstić information content (AvgIpc) is 3.08. The maximum absolute atomic E-state index is 12.1. The normalized spacial score (nSPS) is 48.9. The minimum atomic E-state index is 0.286. The molecule has 6 unspecified atom stereocenters. The number of fused-ring (bicyclic) bond motifs is 4. The van der Waals surface area contributed by atoms with Crippen molar-refractivity contribution in [3.05, 3.63) is 0 Å². The molecule has 3 heteroatoms. The van der Waals surface area contributed by atoms with E-state index in [-0.39, 0.29) is 5.91 Å². The van der Waals surface area contributed by atoms with Gasteiger partial charge >= 0.3 is 0 Å². The molecule has 4 fully saturated rings. The first kappa shape index (κ1) is 11.3. The van der Waals surface area contributed by atoms with Crippen LogP contribution in [0, 0.1) is 17.8 Å². The minimum Gasteiger partial charge on any atom is -0.373 e. The van der Waals surface area contributed by atoms with Crippen LogP contribution in [0.15, 0.2) is 0 Å². The fraction of sp³-hybridized carbons (Fsp3) is 0.933. The van der Waals surface area contributed by atoms with E-state index in [4.69, 9.17) is 4.74 Å². The molecule has 0 aromatic carbocycles. The van der Waals surface area contributed by atoms with Gasteiger partial charge < -0.3 is 10.1 Å². The standard InChI is InChI=1S/C15H23NO2/c17-15(7-11-6-9-1-2-10(11)5-9)16-13-8-12-3-4-14(13)18-12/h9-14H,1-8H2,(H,16,17). The lowest BCUT2D eigenvalue weighted by Crippen LogP contribution is -2.42. The Hall–Kier alpha value is -0.570. The molecule has 0 aromatic heterocycles. The Labute approximate surface area is 109 Å². The molecule has 1 amide bonds. The molecule has 4 bridgehead atoms. The molecular formula is C15H23NO2. The zero-order chi connectivity index (χ0) is 12.1. The number of hydrogen-bond donors (Lipinski definition) is 1. The van der Waals surface area contributed by atoms with Crippen molar-refractivity contribution >= 4 is 5.91 Å². The Morgan fingerprint density at radius 3 is 2.67 bits per heavy atom. The highest BCUT2D eigenvalue weighted by Crippen LogP contribution is 2.49. The van der Waals surface area contributed by atoms with Gasteiger partial charge in [-0.1, -0.05) is 6.42 Å². The number of amides is 1. The highest BCUT2D eigenvalue weighted by molar-refractivity contribution is 5.76. The first-order valence-electron chi connectivity index (χ1n) is 7.73. The summed E-state index contributed by atoms with van der Waals surface area (Å²) in [4.78, 5) is 12.1. The van der Waals surface area contributed by atoms with Gasteiger partial charge in [0.15, 0.2) is 0 Å². The van der Waals surface area contributed by atoms with Crippen LogP contribution < -0.4 is 5.32 Å². The van der Waals surface area contributed by atoms with Crippen molar-refractivity contribution in [2.45, 2.75) is 69.6 Å². The maximum Gasteiger partial charge on any atom is 0.220 e. The number of hydrogen-bond acceptors (Lipinski definition) is 2. The lowest BCUT2D eigenvalue weighted by atomic mass is 9.86. The van der Waals surface area contributed by atoms with Gasteiger partial charge in [0.25, 0.3) is 0 Å². The van der Waals surface area contributed by atoms with Gasteiger partial charge in [-0.3, -0.25) is 4.79 Å². The van der Waals surface area contributed by atoms with Crippen LogP contribution in [0.4, 0.5) is 0 Å². The smallest absolute Gasteiger partial charge is 0.220 e. The van der Waals surface area contributed by atoms with Crippen molar-refractivity contribution in [3.63, 3.8) is 0 Å². The van der Waals surface area contributed by atoms with Gasteiger partial charge in [0, 0.05) is 6.42 Å². The Kier molecular flexibility index (Phi) is 2.65. The number of ether oxygens (including phenoxy) is 1. The summed E-state index contributed by atoms with van der Waals surface area (Å²) in [5.74, 6) is 2.77. The van der Waals surface area contributed by atoms with Crippen LogP contribution in [-0.4, -0.2) is 24.2 Å². The fourth-order valence-corrected chi connectivity index (χ4v) is 4.92. The Bertz CT molecular complexity index is 324. The van der Waals surface area contributed by atoms with Crippen molar-refractivity contribution in [1.82, 2.24) is 5.32 Å². The molecule has 0 spiro atoms. The van der Waals surface area contributed by atoms with Crippen LogP contribution in [0.25, 0.3) is 0 Å². The molecule has 2 aliphatic heterocycles. The summed E-state index contributed by atoms with van der Waals surface area (Å²) < 4.78 is 5.79. The molecular weight excluding hydrogens is 226 g/mol. The molecule has 18 heavy (non-hydrogen) atoms. The monoisotopic (exact) mass is 249 g/mol. The predicted molar refractivity (Wildman–Crippen MR) is 68.0 cm³/mol. The summed E-state index contributed by atoms with van der Waals surface area (Å²) in [6, 6.07) is 0.315. The third-order valence-electron chi connectivity index (χ3n) is 5.78. The summed E-state index contributed by atoms with van der Waals surface area (Å²) >= 11 is 0. The summed E-state index contributed by atoms with van der Waals surface area (Å²) in [6.45, 7) is 0. The van der Waals surface area contributed by atoms with E-state index in [1.165, 1.54) is 32.1 Å². The second-order valence-electron chi connectivity index (χ2n) is 6.92. The summed E-state index contributed by atoms with van der Waals surface area (Å²) in [5.41, 5.74) is 0. The first-order chi connectivity index (χ1) is 8.78. The zero-order valence-corrected chi connectivity index (χ0v) is 10.9. The Morgan fingerprint density at radius 1 is 1.11 bits per heavy atom. The third kappa shape index (κ3) is 1.87. The fourth-order valence-electron chi connectivity index (χ4n) is 4.92. The SMILES string of the molecule is O=C(CC1CC2CCC1C2)NC1CC2CCC1O2. The quantitative estimate of drug-likeness (QED) is 0.833. The van der Waals surface area contributed by atoms with Crippen LogP contribution >= 0.6 is 0 Å². The summed E-state index contributed by atoms with van der Waals surface area (Å²) in [7, 11) is 0. The van der Waals surface area contributed by atoms with E-state index in [1.807, 2.05) is 0 Å². The molecule has 4 rings (SSSR count). The van der Waals surface area contributed by atoms with E-state index >= 15 is 0 Å². The van der Waals surface area contributed by atoms with Crippen LogP contribution in [0.3, 0.4) is 0 Å². The Balaban J connectivity index is 1.29. The van der Waals surface area contributed by atoms with Gasteiger partial charge in [-0.25, -0.2) is 0 Å². The van der Waals surface area contributed by atoms with E-state index in [1.54, 1.807) is 0 Å². The first-order valence-corrected chi connectivity index (χ1v) is 7.73. The molecule has 2 heterocycles. The van der Waals surface area contributed by atoms with Gasteiger partial charge in [0.1, 0.15) is 0 Å². The molecule has 0 radical (unpaired) electrons. The van der Waals surface area contributed by atoms with E-state index in [9.17, 15) is 4.79 Å². The van der Waals surface area contributed by atoms with Crippen LogP contribution in [0.5, 0.6) is 0 Å². The average molecular weight is 249 g/mol. The van der Waals surface area contributed by atoms with Gasteiger partial charge in [-0.15, -0.1) is 0 Å². The third-order valence-corrected chi connectivity index (χ3v) is 5.78. The van der Waals surface area contributed by atoms with Crippen molar-refractivity contribution in [1.29, 1.82) is 0 Å². The summed E-state index contributed by atoms with van der Waals surface area (Å²) in [6.07, 6.45) is 10.4. The maximum atomic E-state index is 12.1. The minimum absolute atomic E-state index is 0.286. The summed E-state index contributed by atoms with van der Waals surface area (Å²) in [5, 5.41) is 3.23. The Morgan fingerprint density at radius 2 is 2.06 bits per heavy atom. The number of rotatable bonds is 3. The second kappa shape index (κ2) is 4.22. The molecule has 6 atom stereocenters. The molecule has 3 nitrogen and oxygen atoms in total. The lowest BCUT2D eigenvalue weighted by Gasteiger charge is -2.24. The molecule has 4 aliphatic rings. The van der Waals surface area contributed by atoms with Crippen LogP contribution in [-0.2, 0) is 9.53 Å². The molecule has 2 aliphatic carbocycles.